The quantitative estimate of drug-likeness (QED) is 0.893. The molecule has 2 saturated heterocycles. The van der Waals surface area contributed by atoms with Crippen molar-refractivity contribution in [2.75, 3.05) is 26.2 Å². The summed E-state index contributed by atoms with van der Waals surface area (Å²) < 4.78 is 20.7. The van der Waals surface area contributed by atoms with Crippen molar-refractivity contribution >= 4 is 12.1 Å². The highest BCUT2D eigenvalue weighted by molar-refractivity contribution is 5.81. The fourth-order valence-corrected chi connectivity index (χ4v) is 3.82. The third-order valence-corrected chi connectivity index (χ3v) is 5.04. The number of alkyl halides is 1. The number of hydrogen-bond acceptors (Lipinski definition) is 4. The lowest BCUT2D eigenvalue weighted by atomic mass is 9.69. The number of carboxylic acids is 1. The summed E-state index contributed by atoms with van der Waals surface area (Å²) in [5.74, 6) is -1.46. The van der Waals surface area contributed by atoms with E-state index in [4.69, 9.17) is 4.74 Å². The van der Waals surface area contributed by atoms with Crippen LogP contribution in [0.5, 0.6) is 0 Å². The molecule has 26 heavy (non-hydrogen) atoms. The standard InChI is InChI=1S/C19H25FN2O4/c1-17(2,3)26-16(25)22-11-18(12-22)10-21(13-19(18,20)15(23)24)9-14-7-5-4-6-8-14/h4-8H,9-13H2,1-3H3,(H,23,24)/t19-/m0/s1. The Morgan fingerprint density at radius 3 is 2.31 bits per heavy atom. The molecule has 6 nitrogen and oxygen atoms in total. The van der Waals surface area contributed by atoms with Crippen molar-refractivity contribution < 1.29 is 23.8 Å². The van der Waals surface area contributed by atoms with E-state index in [0.717, 1.165) is 5.56 Å². The normalized spacial score (nSPS) is 25.2. The van der Waals surface area contributed by atoms with Crippen LogP contribution >= 0.6 is 0 Å². The summed E-state index contributed by atoms with van der Waals surface area (Å²) in [5.41, 5.74) is -3.11. The number of benzene rings is 1. The Labute approximate surface area is 152 Å². The lowest BCUT2D eigenvalue weighted by Crippen LogP contribution is -2.69. The summed E-state index contributed by atoms with van der Waals surface area (Å²) in [7, 11) is 0. The molecule has 2 aliphatic rings. The van der Waals surface area contributed by atoms with Gasteiger partial charge >= 0.3 is 12.1 Å². The predicted molar refractivity (Wildman–Crippen MR) is 93.4 cm³/mol. The average molecular weight is 364 g/mol. The van der Waals surface area contributed by atoms with Crippen LogP contribution in [-0.4, -0.2) is 64.4 Å². The second-order valence-corrected chi connectivity index (χ2v) is 8.35. The Morgan fingerprint density at radius 2 is 1.77 bits per heavy atom. The predicted octanol–water partition coefficient (Wildman–Crippen LogP) is 2.53. The molecule has 0 bridgehead atoms. The molecule has 2 fully saturated rings. The van der Waals surface area contributed by atoms with Crippen molar-refractivity contribution in [1.82, 2.24) is 9.80 Å². The number of amides is 1. The number of rotatable bonds is 3. The van der Waals surface area contributed by atoms with E-state index in [1.807, 2.05) is 35.2 Å². The first kappa shape index (κ1) is 18.6. The highest BCUT2D eigenvalue weighted by Gasteiger charge is 2.69. The molecule has 1 aromatic carbocycles. The molecule has 0 aromatic heterocycles. The van der Waals surface area contributed by atoms with E-state index in [2.05, 4.69) is 0 Å². The van der Waals surface area contributed by atoms with Crippen LogP contribution in [0.2, 0.25) is 0 Å². The molecule has 142 valence electrons. The number of aliphatic carboxylic acids is 1. The number of hydrogen-bond donors (Lipinski definition) is 1. The van der Waals surface area contributed by atoms with Gasteiger partial charge in [0.15, 0.2) is 0 Å². The molecule has 1 atom stereocenters. The highest BCUT2D eigenvalue weighted by atomic mass is 19.1. The van der Waals surface area contributed by atoms with Crippen molar-refractivity contribution in [3.63, 3.8) is 0 Å². The Balaban J connectivity index is 1.72. The van der Waals surface area contributed by atoms with Crippen LogP contribution in [0.4, 0.5) is 9.18 Å². The van der Waals surface area contributed by atoms with Crippen molar-refractivity contribution in [3.8, 4) is 0 Å². The van der Waals surface area contributed by atoms with Gasteiger partial charge in [0.05, 0.1) is 5.41 Å². The summed E-state index contributed by atoms with van der Waals surface area (Å²) in [6.07, 6.45) is -0.530. The van der Waals surface area contributed by atoms with Gasteiger partial charge in [0.1, 0.15) is 5.60 Å². The number of carboxylic acid groups (broad SMARTS) is 1. The molecule has 2 aliphatic heterocycles. The van der Waals surface area contributed by atoms with Gasteiger partial charge in [-0.3, -0.25) is 4.90 Å². The zero-order valence-corrected chi connectivity index (χ0v) is 15.4. The van der Waals surface area contributed by atoms with Gasteiger partial charge in [-0.15, -0.1) is 0 Å². The molecule has 1 aromatic rings. The molecule has 0 unspecified atom stereocenters. The van der Waals surface area contributed by atoms with Gasteiger partial charge in [-0.25, -0.2) is 14.0 Å². The second kappa shape index (κ2) is 6.23. The summed E-state index contributed by atoms with van der Waals surface area (Å²) in [6.45, 7) is 5.97. The van der Waals surface area contributed by atoms with Crippen LogP contribution in [0.15, 0.2) is 30.3 Å². The van der Waals surface area contributed by atoms with Gasteiger partial charge < -0.3 is 14.7 Å². The first-order valence-corrected chi connectivity index (χ1v) is 8.71. The SMILES string of the molecule is CC(C)(C)OC(=O)N1CC2(CN(Cc3ccccc3)C[C@]2(F)C(=O)O)C1. The third-order valence-electron chi connectivity index (χ3n) is 5.04. The largest absolute Gasteiger partial charge is 0.479 e. The van der Waals surface area contributed by atoms with Gasteiger partial charge in [-0.1, -0.05) is 30.3 Å². The monoisotopic (exact) mass is 364 g/mol. The van der Waals surface area contributed by atoms with Crippen LogP contribution in [0.3, 0.4) is 0 Å². The summed E-state index contributed by atoms with van der Waals surface area (Å²) in [5, 5.41) is 9.53. The molecule has 2 heterocycles. The van der Waals surface area contributed by atoms with E-state index in [9.17, 15) is 14.7 Å². The van der Waals surface area contributed by atoms with Crippen molar-refractivity contribution in [2.24, 2.45) is 5.41 Å². The van der Waals surface area contributed by atoms with Gasteiger partial charge in [-0.2, -0.15) is 0 Å². The van der Waals surface area contributed by atoms with E-state index in [0.29, 0.717) is 13.1 Å². The minimum Gasteiger partial charge on any atom is -0.479 e. The minimum absolute atomic E-state index is 0.0516. The first-order chi connectivity index (χ1) is 12.0. The van der Waals surface area contributed by atoms with E-state index in [-0.39, 0.29) is 19.6 Å². The molecule has 0 radical (unpaired) electrons. The van der Waals surface area contributed by atoms with Crippen LogP contribution in [0.25, 0.3) is 0 Å². The maximum atomic E-state index is 15.4. The lowest BCUT2D eigenvalue weighted by molar-refractivity contribution is -0.167. The van der Waals surface area contributed by atoms with E-state index >= 15 is 4.39 Å². The van der Waals surface area contributed by atoms with E-state index in [1.165, 1.54) is 4.90 Å². The summed E-state index contributed by atoms with van der Waals surface area (Å²) in [6, 6.07) is 9.55. The van der Waals surface area contributed by atoms with Crippen molar-refractivity contribution in [1.29, 1.82) is 0 Å². The van der Waals surface area contributed by atoms with Crippen molar-refractivity contribution in [2.45, 2.75) is 38.6 Å². The molecule has 0 saturated carbocycles. The van der Waals surface area contributed by atoms with Crippen LogP contribution in [0, 0.1) is 5.41 Å². The Bertz CT molecular complexity index is 697. The minimum atomic E-state index is -2.37. The molecule has 1 N–H and O–H groups in total. The molecule has 7 heteroatoms. The topological polar surface area (TPSA) is 70.1 Å². The molecular weight excluding hydrogens is 339 g/mol. The molecule has 0 aliphatic carbocycles. The fourth-order valence-electron chi connectivity index (χ4n) is 3.82. The number of carbonyl (C=O) groups is 2. The van der Waals surface area contributed by atoms with Crippen LogP contribution in [0.1, 0.15) is 26.3 Å². The van der Waals surface area contributed by atoms with Crippen molar-refractivity contribution in [3.05, 3.63) is 35.9 Å². The average Bonchev–Trinajstić information content (AvgIpc) is 2.79. The highest BCUT2D eigenvalue weighted by Crippen LogP contribution is 2.49. The van der Waals surface area contributed by atoms with Gasteiger partial charge in [0.2, 0.25) is 5.67 Å². The summed E-state index contributed by atoms with van der Waals surface area (Å²) in [4.78, 5) is 27.1. The number of likely N-dealkylation sites (tertiary alicyclic amines) is 2. The molecule has 3 rings (SSSR count). The number of halogens is 1. The second-order valence-electron chi connectivity index (χ2n) is 8.35. The third kappa shape index (κ3) is 3.28. The van der Waals surface area contributed by atoms with E-state index < -0.39 is 28.7 Å². The van der Waals surface area contributed by atoms with Crippen LogP contribution in [-0.2, 0) is 16.1 Å². The van der Waals surface area contributed by atoms with Crippen LogP contribution < -0.4 is 0 Å². The number of carbonyl (C=O) groups excluding carboxylic acids is 1. The number of ether oxygens (including phenoxy) is 1. The summed E-state index contributed by atoms with van der Waals surface area (Å²) >= 11 is 0. The zero-order valence-electron chi connectivity index (χ0n) is 15.4. The van der Waals surface area contributed by atoms with Gasteiger partial charge in [0, 0.05) is 32.7 Å². The van der Waals surface area contributed by atoms with Gasteiger partial charge in [0.25, 0.3) is 0 Å². The molecule has 1 amide bonds. The Kier molecular flexibility index (Phi) is 4.46. The maximum Gasteiger partial charge on any atom is 0.410 e. The Morgan fingerprint density at radius 1 is 1.15 bits per heavy atom. The maximum absolute atomic E-state index is 15.4. The first-order valence-electron chi connectivity index (χ1n) is 8.71. The Hall–Kier alpha value is -2.15. The van der Waals surface area contributed by atoms with E-state index in [1.54, 1.807) is 20.8 Å². The number of nitrogens with zero attached hydrogens (tertiary/aromatic N) is 2. The molecular formula is C19H25FN2O4. The fraction of sp³-hybridized carbons (Fsp3) is 0.579. The smallest absolute Gasteiger partial charge is 0.410 e. The molecule has 1 spiro atoms. The zero-order chi connectivity index (χ0) is 19.2. The van der Waals surface area contributed by atoms with Gasteiger partial charge in [-0.05, 0) is 26.3 Å². The lowest BCUT2D eigenvalue weighted by Gasteiger charge is -2.51.